The van der Waals surface area contributed by atoms with Crippen molar-refractivity contribution in [3.63, 3.8) is 0 Å². The molecule has 0 spiro atoms. The number of anilines is 1. The van der Waals surface area contributed by atoms with Crippen molar-refractivity contribution in [2.75, 3.05) is 11.1 Å². The van der Waals surface area contributed by atoms with Gasteiger partial charge >= 0.3 is 0 Å². The van der Waals surface area contributed by atoms with Crippen LogP contribution in [0, 0.1) is 0 Å². The molecule has 0 aliphatic rings. The van der Waals surface area contributed by atoms with Gasteiger partial charge in [0.05, 0.1) is 5.27 Å². The van der Waals surface area contributed by atoms with Gasteiger partial charge < -0.3 is 19.7 Å². The van der Waals surface area contributed by atoms with Crippen LogP contribution in [0.15, 0.2) is 94.5 Å². The van der Waals surface area contributed by atoms with Crippen LogP contribution in [0.2, 0.25) is 0 Å². The fourth-order valence-electron chi connectivity index (χ4n) is 2.79. The van der Waals surface area contributed by atoms with E-state index in [2.05, 4.69) is 10.6 Å². The van der Waals surface area contributed by atoms with Gasteiger partial charge in [-0.2, -0.15) is 0 Å². The molecule has 0 aliphatic carbocycles. The molecule has 4 rings (SSSR count). The SMILES string of the molecule is O=C(CCSc1c([O-])on[n+]1-c1ccccc1)Nc1ccc(Oc2ccccc2)cc1. The molecule has 0 saturated carbocycles. The fraction of sp³-hybridized carbons (Fsp3) is 0.0870. The van der Waals surface area contributed by atoms with E-state index < -0.39 is 5.95 Å². The molecule has 0 aliphatic heterocycles. The summed E-state index contributed by atoms with van der Waals surface area (Å²) in [7, 11) is 0. The zero-order valence-corrected chi connectivity index (χ0v) is 17.2. The first-order valence-electron chi connectivity index (χ1n) is 9.59. The zero-order chi connectivity index (χ0) is 21.5. The van der Waals surface area contributed by atoms with Gasteiger partial charge in [0.1, 0.15) is 11.5 Å². The number of ether oxygens (including phenoxy) is 1. The molecule has 0 fully saturated rings. The first-order valence-corrected chi connectivity index (χ1v) is 10.6. The van der Waals surface area contributed by atoms with Crippen molar-refractivity contribution in [1.82, 2.24) is 5.27 Å². The van der Waals surface area contributed by atoms with E-state index in [9.17, 15) is 9.90 Å². The number of carbonyl (C=O) groups excluding carboxylic acids is 1. The number of benzene rings is 3. The highest BCUT2D eigenvalue weighted by Crippen LogP contribution is 2.25. The van der Waals surface area contributed by atoms with Crippen LogP contribution < -0.4 is 19.8 Å². The van der Waals surface area contributed by atoms with E-state index in [4.69, 9.17) is 9.26 Å². The first kappa shape index (κ1) is 20.5. The molecule has 0 unspecified atom stereocenters. The molecule has 4 aromatic rings. The minimum absolute atomic E-state index is 0.153. The zero-order valence-electron chi connectivity index (χ0n) is 16.4. The standard InChI is InChI=1S/C23H19N3O4S/c27-21(24-17-11-13-20(14-12-17)29-19-9-5-2-6-10-19)15-16-31-22-23(28)30-25-26(22)18-7-3-1-4-8-18/h1-14H,15-16H2,(H-,24,25,27,28). The molecule has 1 amide bonds. The summed E-state index contributed by atoms with van der Waals surface area (Å²) < 4.78 is 12.0. The normalized spacial score (nSPS) is 10.6. The van der Waals surface area contributed by atoms with E-state index >= 15 is 0 Å². The summed E-state index contributed by atoms with van der Waals surface area (Å²) in [4.78, 5) is 12.3. The molecule has 1 heterocycles. The van der Waals surface area contributed by atoms with Gasteiger partial charge in [-0.25, -0.2) is 0 Å². The maximum absolute atomic E-state index is 12.3. The molecule has 0 bridgehead atoms. The summed E-state index contributed by atoms with van der Waals surface area (Å²) >= 11 is 1.23. The Morgan fingerprint density at radius 3 is 2.32 bits per heavy atom. The summed E-state index contributed by atoms with van der Waals surface area (Å²) in [6.07, 6.45) is 0.229. The quantitative estimate of drug-likeness (QED) is 0.334. The van der Waals surface area contributed by atoms with Gasteiger partial charge in [-0.3, -0.25) is 4.79 Å². The first-order chi connectivity index (χ1) is 15.2. The predicted octanol–water partition coefficient (Wildman–Crippen LogP) is 3.94. The van der Waals surface area contributed by atoms with E-state index in [-0.39, 0.29) is 12.3 Å². The van der Waals surface area contributed by atoms with E-state index in [1.54, 1.807) is 24.3 Å². The van der Waals surface area contributed by atoms with Crippen molar-refractivity contribution in [2.45, 2.75) is 11.4 Å². The molecule has 3 aromatic carbocycles. The lowest BCUT2D eigenvalue weighted by Crippen LogP contribution is -2.34. The van der Waals surface area contributed by atoms with Crippen molar-refractivity contribution in [1.29, 1.82) is 0 Å². The molecule has 1 aromatic heterocycles. The van der Waals surface area contributed by atoms with Gasteiger partial charge in [0.2, 0.25) is 11.6 Å². The minimum Gasteiger partial charge on any atom is -0.538 e. The van der Waals surface area contributed by atoms with Crippen molar-refractivity contribution >= 4 is 23.4 Å². The Labute approximate surface area is 183 Å². The van der Waals surface area contributed by atoms with Gasteiger partial charge in [-0.05, 0) is 41.1 Å². The second kappa shape index (κ2) is 9.82. The monoisotopic (exact) mass is 433 g/mol. The van der Waals surface area contributed by atoms with E-state index in [1.165, 1.54) is 16.4 Å². The Kier molecular flexibility index (Phi) is 6.49. The molecule has 1 N–H and O–H groups in total. The smallest absolute Gasteiger partial charge is 0.297 e. The summed E-state index contributed by atoms with van der Waals surface area (Å²) in [5.41, 5.74) is 1.39. The van der Waals surface area contributed by atoms with Crippen molar-refractivity contribution in [3.8, 4) is 23.1 Å². The summed E-state index contributed by atoms with van der Waals surface area (Å²) in [6, 6.07) is 25.8. The fourth-order valence-corrected chi connectivity index (χ4v) is 3.69. The molecule has 31 heavy (non-hydrogen) atoms. The van der Waals surface area contributed by atoms with Crippen molar-refractivity contribution in [2.24, 2.45) is 0 Å². The molecule has 7 nitrogen and oxygen atoms in total. The minimum atomic E-state index is -0.525. The average molecular weight is 433 g/mol. The third-order valence-corrected chi connectivity index (χ3v) is 5.28. The Hall–Kier alpha value is -3.78. The molecule has 0 atom stereocenters. The van der Waals surface area contributed by atoms with E-state index in [1.807, 2.05) is 60.7 Å². The Morgan fingerprint density at radius 2 is 1.61 bits per heavy atom. The lowest BCUT2D eigenvalue weighted by Gasteiger charge is -2.08. The molecule has 156 valence electrons. The highest BCUT2D eigenvalue weighted by atomic mass is 32.2. The average Bonchev–Trinajstić information content (AvgIpc) is 3.17. The van der Waals surface area contributed by atoms with Gasteiger partial charge in [0.15, 0.2) is 5.95 Å². The number of carbonyl (C=O) groups is 1. The van der Waals surface area contributed by atoms with Crippen LogP contribution >= 0.6 is 11.8 Å². The maximum atomic E-state index is 12.3. The maximum Gasteiger partial charge on any atom is 0.297 e. The topological polar surface area (TPSA) is 91.3 Å². The molecular formula is C23H19N3O4S. The number of rotatable bonds is 8. The molecule has 0 radical (unpaired) electrons. The van der Waals surface area contributed by atoms with Crippen molar-refractivity contribution in [3.05, 3.63) is 84.9 Å². The lowest BCUT2D eigenvalue weighted by atomic mass is 10.3. The molecular weight excluding hydrogens is 414 g/mol. The van der Waals surface area contributed by atoms with E-state index in [0.717, 1.165) is 11.4 Å². The molecule has 0 saturated heterocycles. The van der Waals surface area contributed by atoms with Crippen LogP contribution in [0.25, 0.3) is 5.69 Å². The van der Waals surface area contributed by atoms with Crippen LogP contribution in [0.4, 0.5) is 5.69 Å². The second-order valence-electron chi connectivity index (χ2n) is 6.50. The number of hydrogen-bond acceptors (Lipinski definition) is 6. The number of aromatic nitrogens is 2. The Morgan fingerprint density at radius 1 is 0.968 bits per heavy atom. The number of thioether (sulfide) groups is 1. The second-order valence-corrected chi connectivity index (χ2v) is 7.58. The van der Waals surface area contributed by atoms with Crippen molar-refractivity contribution < 1.29 is 23.8 Å². The number of nitrogens with one attached hydrogen (secondary N) is 1. The number of nitrogens with zero attached hydrogens (tertiary/aromatic N) is 2. The van der Waals surface area contributed by atoms with Crippen LogP contribution in [0.5, 0.6) is 17.4 Å². The molecule has 8 heteroatoms. The number of amides is 1. The summed E-state index contributed by atoms with van der Waals surface area (Å²) in [5.74, 6) is 1.16. The van der Waals surface area contributed by atoms with Gasteiger partial charge in [-0.15, -0.1) is 0 Å². The third-order valence-electron chi connectivity index (χ3n) is 4.26. The highest BCUT2D eigenvalue weighted by molar-refractivity contribution is 7.99. The third kappa shape index (κ3) is 5.43. The Balaban J connectivity index is 1.29. The van der Waals surface area contributed by atoms with Gasteiger partial charge in [0, 0.05) is 30.0 Å². The van der Waals surface area contributed by atoms with Crippen LogP contribution in [-0.2, 0) is 4.79 Å². The summed E-state index contributed by atoms with van der Waals surface area (Å²) in [6.45, 7) is 0. The number of hydrogen-bond donors (Lipinski definition) is 1. The number of para-hydroxylation sites is 2. The van der Waals surface area contributed by atoms with Gasteiger partial charge in [0.25, 0.3) is 5.03 Å². The van der Waals surface area contributed by atoms with Crippen LogP contribution in [-0.4, -0.2) is 16.9 Å². The van der Waals surface area contributed by atoms with Crippen LogP contribution in [0.3, 0.4) is 0 Å². The highest BCUT2D eigenvalue weighted by Gasteiger charge is 2.21. The lowest BCUT2D eigenvalue weighted by molar-refractivity contribution is -0.705. The van der Waals surface area contributed by atoms with E-state index in [0.29, 0.717) is 22.2 Å². The van der Waals surface area contributed by atoms with Gasteiger partial charge in [-0.1, -0.05) is 48.2 Å². The predicted molar refractivity (Wildman–Crippen MR) is 114 cm³/mol. The largest absolute Gasteiger partial charge is 0.538 e. The summed E-state index contributed by atoms with van der Waals surface area (Å²) in [5, 5.41) is 18.9. The Bertz CT molecular complexity index is 1130. The van der Waals surface area contributed by atoms with Crippen LogP contribution in [0.1, 0.15) is 6.42 Å².